The highest BCUT2D eigenvalue weighted by Gasteiger charge is 2.54. The summed E-state index contributed by atoms with van der Waals surface area (Å²) in [5.41, 5.74) is 0.0753. The molecule has 2 unspecified atom stereocenters. The van der Waals surface area contributed by atoms with Gasteiger partial charge in [0.25, 0.3) is 0 Å². The molecule has 1 aliphatic heterocycles. The monoisotopic (exact) mass is 456 g/mol. The van der Waals surface area contributed by atoms with Crippen molar-refractivity contribution in [1.29, 1.82) is 0 Å². The van der Waals surface area contributed by atoms with Gasteiger partial charge < -0.3 is 15.5 Å². The Hall–Kier alpha value is -2.87. The van der Waals surface area contributed by atoms with Crippen molar-refractivity contribution in [3.63, 3.8) is 0 Å². The molecule has 1 aromatic carbocycles. The normalized spacial score (nSPS) is 24.8. The number of pyridine rings is 1. The van der Waals surface area contributed by atoms with Crippen LogP contribution in [0.5, 0.6) is 0 Å². The number of aromatic nitrogens is 1. The van der Waals surface area contributed by atoms with Gasteiger partial charge in [-0.3, -0.25) is 4.79 Å². The molecule has 0 spiro atoms. The highest BCUT2D eigenvalue weighted by Crippen LogP contribution is 2.47. The predicted molar refractivity (Wildman–Crippen MR) is 123 cm³/mol. The van der Waals surface area contributed by atoms with Crippen molar-refractivity contribution in [2.45, 2.75) is 25.1 Å². The fourth-order valence-electron chi connectivity index (χ4n) is 4.83. The van der Waals surface area contributed by atoms with E-state index in [0.717, 1.165) is 31.6 Å². The number of fused-ring (bicyclic) bond motifs is 2. The minimum Gasteiger partial charge on any atom is -0.381 e. The number of rotatable bonds is 7. The number of hydrogen-bond donors (Lipinski definition) is 2. The first kappa shape index (κ1) is 21.9. The van der Waals surface area contributed by atoms with Crippen LogP contribution in [0.15, 0.2) is 36.9 Å². The number of nitrogens with one attached hydrogen (secondary N) is 2. The highest BCUT2D eigenvalue weighted by molar-refractivity contribution is 6.01. The number of halogens is 3. The number of anilines is 1. The van der Waals surface area contributed by atoms with Gasteiger partial charge in [-0.15, -0.1) is 0 Å². The Morgan fingerprint density at radius 1 is 1.24 bits per heavy atom. The van der Waals surface area contributed by atoms with Gasteiger partial charge in [0, 0.05) is 48.1 Å². The molecule has 3 fully saturated rings. The molecule has 3 aliphatic rings. The molecule has 2 heterocycles. The molecule has 0 radical (unpaired) electrons. The van der Waals surface area contributed by atoms with Crippen LogP contribution in [-0.2, 0) is 4.79 Å². The molecule has 2 aliphatic carbocycles. The van der Waals surface area contributed by atoms with Crippen molar-refractivity contribution in [2.24, 2.45) is 17.8 Å². The molecule has 5 nitrogen and oxygen atoms in total. The molecule has 2 atom stereocenters. The largest absolute Gasteiger partial charge is 0.417 e. The number of amides is 1. The predicted octanol–water partition coefficient (Wildman–Crippen LogP) is 4.32. The smallest absolute Gasteiger partial charge is 0.381 e. The lowest BCUT2D eigenvalue weighted by Crippen LogP contribution is -2.24. The summed E-state index contributed by atoms with van der Waals surface area (Å²) in [7, 11) is 2.10. The standard InChI is InChI=1S/C25H27F3N4O/c1-14(25(26,27)28)22-17-6-3-7-21(31-23-19-12-32(2)13-20(19)23)18(17)11-16(30-22)5-4-10-29-24(33)15-8-9-15/h3-7,11,15,19-20,23,31H,1,8-10,12-13H2,2H3,(H,29,33)/b5-4+. The average Bonchev–Trinajstić information content (AvgIpc) is 3.68. The number of hydrogen-bond acceptors (Lipinski definition) is 4. The maximum atomic E-state index is 13.6. The van der Waals surface area contributed by atoms with Crippen molar-refractivity contribution < 1.29 is 18.0 Å². The average molecular weight is 457 g/mol. The minimum absolute atomic E-state index is 0.0179. The molecule has 1 amide bonds. The number of carbonyl (C=O) groups is 1. The zero-order chi connectivity index (χ0) is 23.3. The lowest BCUT2D eigenvalue weighted by molar-refractivity contribution is -0.122. The van der Waals surface area contributed by atoms with Gasteiger partial charge in [0.1, 0.15) is 0 Å². The van der Waals surface area contributed by atoms with Crippen molar-refractivity contribution in [3.8, 4) is 0 Å². The van der Waals surface area contributed by atoms with E-state index in [2.05, 4.69) is 34.1 Å². The number of benzene rings is 1. The summed E-state index contributed by atoms with van der Waals surface area (Å²) in [6, 6.07) is 7.46. The van der Waals surface area contributed by atoms with Crippen LogP contribution in [0, 0.1) is 17.8 Å². The van der Waals surface area contributed by atoms with Gasteiger partial charge in [0.05, 0.1) is 17.0 Å². The van der Waals surface area contributed by atoms with E-state index in [1.165, 1.54) is 0 Å². The Kier molecular flexibility index (Phi) is 5.43. The fourth-order valence-corrected chi connectivity index (χ4v) is 4.83. The molecule has 2 aromatic rings. The Labute approximate surface area is 190 Å². The van der Waals surface area contributed by atoms with Gasteiger partial charge >= 0.3 is 6.18 Å². The van der Waals surface area contributed by atoms with Crippen LogP contribution in [0.4, 0.5) is 18.9 Å². The lowest BCUT2D eigenvalue weighted by Gasteiger charge is -2.18. The second kappa shape index (κ2) is 8.17. The van der Waals surface area contributed by atoms with Crippen molar-refractivity contribution >= 4 is 34.0 Å². The van der Waals surface area contributed by atoms with Crippen LogP contribution in [0.2, 0.25) is 0 Å². The summed E-state index contributed by atoms with van der Waals surface area (Å²) in [6.45, 7) is 5.67. The van der Waals surface area contributed by atoms with Crippen LogP contribution in [-0.4, -0.2) is 54.7 Å². The zero-order valence-corrected chi connectivity index (χ0v) is 18.5. The summed E-state index contributed by atoms with van der Waals surface area (Å²) in [6.07, 6.45) is 0.615. The van der Waals surface area contributed by atoms with Crippen LogP contribution in [0.25, 0.3) is 22.4 Å². The second-order valence-electron chi connectivity index (χ2n) is 9.41. The molecule has 1 saturated heterocycles. The Balaban J connectivity index is 1.45. The Bertz CT molecular complexity index is 1130. The van der Waals surface area contributed by atoms with Gasteiger partial charge in [-0.2, -0.15) is 13.2 Å². The van der Waals surface area contributed by atoms with Crippen LogP contribution < -0.4 is 10.6 Å². The van der Waals surface area contributed by atoms with Crippen LogP contribution in [0.1, 0.15) is 24.2 Å². The van der Waals surface area contributed by atoms with Gasteiger partial charge in [-0.05, 0) is 49.9 Å². The van der Waals surface area contributed by atoms with Gasteiger partial charge in [-0.25, -0.2) is 4.98 Å². The first-order chi connectivity index (χ1) is 15.7. The molecule has 2 saturated carbocycles. The maximum Gasteiger partial charge on any atom is 0.417 e. The lowest BCUT2D eigenvalue weighted by atomic mass is 10.0. The summed E-state index contributed by atoms with van der Waals surface area (Å²) < 4.78 is 40.7. The number of alkyl halides is 3. The van der Waals surface area contributed by atoms with E-state index in [0.29, 0.717) is 40.9 Å². The van der Waals surface area contributed by atoms with Crippen LogP contribution >= 0.6 is 0 Å². The minimum atomic E-state index is -4.58. The second-order valence-corrected chi connectivity index (χ2v) is 9.41. The highest BCUT2D eigenvalue weighted by atomic mass is 19.4. The van der Waals surface area contributed by atoms with E-state index in [1.807, 2.05) is 6.07 Å². The van der Waals surface area contributed by atoms with Gasteiger partial charge in [-0.1, -0.05) is 24.8 Å². The summed E-state index contributed by atoms with van der Waals surface area (Å²) in [5, 5.41) is 7.50. The van der Waals surface area contributed by atoms with E-state index < -0.39 is 11.7 Å². The third-order valence-electron chi connectivity index (χ3n) is 6.85. The Morgan fingerprint density at radius 3 is 2.64 bits per heavy atom. The third-order valence-corrected chi connectivity index (χ3v) is 6.85. The molecule has 174 valence electrons. The van der Waals surface area contributed by atoms with E-state index in [1.54, 1.807) is 30.4 Å². The molecule has 8 heteroatoms. The molecule has 1 aromatic heterocycles. The van der Waals surface area contributed by atoms with E-state index in [4.69, 9.17) is 0 Å². The van der Waals surface area contributed by atoms with E-state index in [9.17, 15) is 18.0 Å². The quantitative estimate of drug-likeness (QED) is 0.652. The third kappa shape index (κ3) is 4.49. The summed E-state index contributed by atoms with van der Waals surface area (Å²) in [4.78, 5) is 18.4. The first-order valence-corrected chi connectivity index (χ1v) is 11.3. The maximum absolute atomic E-state index is 13.6. The molecule has 0 bridgehead atoms. The topological polar surface area (TPSA) is 57.3 Å². The number of allylic oxidation sites excluding steroid dienone is 1. The van der Waals surface area contributed by atoms with E-state index >= 15 is 0 Å². The SMILES string of the molecule is C=C(c1nc(/C=C/CNC(=O)C2CC2)cc2c(NC3C4CN(C)CC43)cccc12)C(F)(F)F. The summed E-state index contributed by atoms with van der Waals surface area (Å²) >= 11 is 0. The first-order valence-electron chi connectivity index (χ1n) is 11.3. The van der Waals surface area contributed by atoms with Gasteiger partial charge in [0.2, 0.25) is 5.91 Å². The van der Waals surface area contributed by atoms with Crippen LogP contribution in [0.3, 0.4) is 0 Å². The van der Waals surface area contributed by atoms with E-state index in [-0.39, 0.29) is 17.5 Å². The fraction of sp³-hybridized carbons (Fsp3) is 0.440. The molecule has 33 heavy (non-hydrogen) atoms. The molecular weight excluding hydrogens is 429 g/mol. The number of likely N-dealkylation sites (tertiary alicyclic amines) is 1. The molecule has 5 rings (SSSR count). The zero-order valence-electron chi connectivity index (χ0n) is 18.5. The summed E-state index contributed by atoms with van der Waals surface area (Å²) in [5.74, 6) is 1.27. The van der Waals surface area contributed by atoms with Crippen molar-refractivity contribution in [3.05, 3.63) is 48.3 Å². The van der Waals surface area contributed by atoms with Gasteiger partial charge in [0.15, 0.2) is 0 Å². The molecule has 2 N–H and O–H groups in total. The Morgan fingerprint density at radius 2 is 1.97 bits per heavy atom. The molecular formula is C25H27F3N4O. The van der Waals surface area contributed by atoms with Crippen molar-refractivity contribution in [1.82, 2.24) is 15.2 Å². The number of piperidine rings is 1. The number of carbonyl (C=O) groups excluding carboxylic acids is 1. The van der Waals surface area contributed by atoms with Crippen molar-refractivity contribution in [2.75, 3.05) is 32.0 Å². The number of nitrogens with zero attached hydrogens (tertiary/aromatic N) is 2.